The number of aromatic nitrogens is 6. The van der Waals surface area contributed by atoms with Gasteiger partial charge in [-0.2, -0.15) is 0 Å². The molecular formula is C22H19Cl5N6O2S2. The Labute approximate surface area is 246 Å². The van der Waals surface area contributed by atoms with Crippen molar-refractivity contribution in [3.8, 4) is 0 Å². The number of H-pyrrole nitrogens is 2. The van der Waals surface area contributed by atoms with Crippen molar-refractivity contribution >= 4 is 82.3 Å². The maximum Gasteiger partial charge on any atom is 0.251 e. The van der Waals surface area contributed by atoms with Crippen molar-refractivity contribution in [3.63, 3.8) is 0 Å². The highest BCUT2D eigenvalue weighted by Gasteiger charge is 2.09. The van der Waals surface area contributed by atoms with Crippen LogP contribution in [0.4, 0.5) is 0 Å². The van der Waals surface area contributed by atoms with Crippen LogP contribution in [-0.2, 0) is 11.5 Å². The highest BCUT2D eigenvalue weighted by molar-refractivity contribution is 7.98. The zero-order valence-electron chi connectivity index (χ0n) is 19.2. The maximum absolute atomic E-state index is 11.3. The minimum absolute atomic E-state index is 0. The van der Waals surface area contributed by atoms with Gasteiger partial charge >= 0.3 is 0 Å². The van der Waals surface area contributed by atoms with Gasteiger partial charge in [-0.25, -0.2) is 9.97 Å². The molecule has 0 radical (unpaired) electrons. The largest absolute Gasteiger partial charge is 0.301 e. The van der Waals surface area contributed by atoms with Crippen molar-refractivity contribution < 1.29 is 0 Å². The first-order valence-electron chi connectivity index (χ1n) is 10.1. The predicted octanol–water partition coefficient (Wildman–Crippen LogP) is 6.57. The van der Waals surface area contributed by atoms with Crippen molar-refractivity contribution in [1.29, 1.82) is 0 Å². The second-order valence-electron chi connectivity index (χ2n) is 7.12. The summed E-state index contributed by atoms with van der Waals surface area (Å²) in [5.74, 6) is 1.04. The van der Waals surface area contributed by atoms with Crippen LogP contribution >= 0.6 is 82.3 Å². The van der Waals surface area contributed by atoms with Crippen LogP contribution in [0.3, 0.4) is 0 Å². The molecule has 0 saturated carbocycles. The monoisotopic (exact) mass is 638 g/mol. The number of aryl methyl sites for hydroxylation is 2. The van der Waals surface area contributed by atoms with Crippen molar-refractivity contribution in [2.45, 2.75) is 35.7 Å². The molecule has 0 amide bonds. The molecule has 37 heavy (non-hydrogen) atoms. The zero-order valence-corrected chi connectivity index (χ0v) is 24.7. The molecule has 196 valence electrons. The van der Waals surface area contributed by atoms with Gasteiger partial charge in [0, 0.05) is 70.9 Å². The lowest BCUT2D eigenvalue weighted by molar-refractivity contribution is 0.905. The number of thioether (sulfide) groups is 2. The van der Waals surface area contributed by atoms with Crippen LogP contribution in [0.5, 0.6) is 0 Å². The molecule has 0 bridgehead atoms. The maximum atomic E-state index is 11.3. The molecule has 4 aromatic heterocycles. The highest BCUT2D eigenvalue weighted by Crippen LogP contribution is 2.30. The lowest BCUT2D eigenvalue weighted by Gasteiger charge is -2.05. The Morgan fingerprint density at radius 3 is 1.30 bits per heavy atom. The molecule has 4 aromatic rings. The Kier molecular flexibility index (Phi) is 12.7. The number of hydrogen-bond acceptors (Lipinski definition) is 8. The van der Waals surface area contributed by atoms with Gasteiger partial charge in [0.05, 0.1) is 20.1 Å². The van der Waals surface area contributed by atoms with Crippen molar-refractivity contribution in [2.75, 3.05) is 0 Å². The first-order chi connectivity index (χ1) is 17.1. The van der Waals surface area contributed by atoms with E-state index in [1.54, 1.807) is 13.8 Å². The van der Waals surface area contributed by atoms with E-state index < -0.39 is 0 Å². The summed E-state index contributed by atoms with van der Waals surface area (Å²) in [5.41, 5.74) is 2.57. The van der Waals surface area contributed by atoms with Crippen LogP contribution in [-0.4, -0.2) is 29.9 Å². The minimum Gasteiger partial charge on any atom is -0.301 e. The molecule has 15 heteroatoms. The molecular weight excluding hydrogens is 622 g/mol. The van der Waals surface area contributed by atoms with Crippen LogP contribution in [0, 0.1) is 13.8 Å². The van der Waals surface area contributed by atoms with E-state index in [1.165, 1.54) is 60.4 Å². The Hall–Kier alpha value is -1.79. The molecule has 2 N–H and O–H groups in total. The van der Waals surface area contributed by atoms with Crippen molar-refractivity contribution in [2.24, 2.45) is 0 Å². The normalized spacial score (nSPS) is 10.3. The first kappa shape index (κ1) is 31.4. The van der Waals surface area contributed by atoms with Gasteiger partial charge < -0.3 is 9.97 Å². The van der Waals surface area contributed by atoms with Crippen LogP contribution in [0.15, 0.2) is 56.8 Å². The van der Waals surface area contributed by atoms with Crippen LogP contribution in [0.2, 0.25) is 20.1 Å². The van der Waals surface area contributed by atoms with E-state index in [9.17, 15) is 9.59 Å². The molecule has 0 unspecified atom stereocenters. The number of nitrogens with zero attached hydrogens (tertiary/aromatic N) is 4. The third kappa shape index (κ3) is 9.79. The summed E-state index contributed by atoms with van der Waals surface area (Å²) >= 11 is 26.8. The van der Waals surface area contributed by atoms with Gasteiger partial charge in [-0.1, -0.05) is 69.9 Å². The van der Waals surface area contributed by atoms with Gasteiger partial charge in [-0.15, -0.1) is 12.4 Å². The lowest BCUT2D eigenvalue weighted by atomic mass is 10.3. The standard InChI is InChI=1S/2C11H9Cl2N3OS.ClH/c2*1-6-2-10(17)16-11(15-6)18-5-7-8(12)3-14-4-9(7)13;/h2*2-4H,5H2,1H3,(H,15,16,17);1H. The van der Waals surface area contributed by atoms with Gasteiger partial charge in [0.15, 0.2) is 10.3 Å². The van der Waals surface area contributed by atoms with E-state index in [2.05, 4.69) is 29.9 Å². The molecule has 8 nitrogen and oxygen atoms in total. The number of rotatable bonds is 6. The van der Waals surface area contributed by atoms with E-state index in [0.717, 1.165) is 11.1 Å². The highest BCUT2D eigenvalue weighted by atomic mass is 35.5. The fourth-order valence-electron chi connectivity index (χ4n) is 2.67. The third-order valence-corrected chi connectivity index (χ3v) is 7.41. The average Bonchev–Trinajstić information content (AvgIpc) is 2.78. The molecule has 0 aliphatic heterocycles. The number of halogens is 5. The number of aromatic amines is 2. The van der Waals surface area contributed by atoms with Gasteiger partial charge in [0.1, 0.15) is 0 Å². The van der Waals surface area contributed by atoms with Crippen molar-refractivity contribution in [3.05, 3.63) is 100 Å². The summed E-state index contributed by atoms with van der Waals surface area (Å²) < 4.78 is 0. The smallest absolute Gasteiger partial charge is 0.251 e. The van der Waals surface area contributed by atoms with Gasteiger partial charge in [-0.3, -0.25) is 19.6 Å². The fraction of sp³-hybridized carbons (Fsp3) is 0.182. The summed E-state index contributed by atoms with van der Waals surface area (Å²) in [6, 6.07) is 2.88. The van der Waals surface area contributed by atoms with E-state index >= 15 is 0 Å². The SMILES string of the molecule is Cc1cc(=O)[nH]c(SCc2c(Cl)cncc2Cl)n1.Cc1cc(=O)[nH]c(SCc2c(Cl)cncc2Cl)n1.Cl. The Morgan fingerprint density at radius 2 is 1.00 bits per heavy atom. The Bertz CT molecular complexity index is 1330. The van der Waals surface area contributed by atoms with E-state index in [4.69, 9.17) is 46.4 Å². The summed E-state index contributed by atoms with van der Waals surface area (Å²) in [6.45, 7) is 3.54. The summed E-state index contributed by atoms with van der Waals surface area (Å²) in [4.78, 5) is 44.1. The molecule has 4 rings (SSSR count). The molecule has 0 saturated heterocycles. The molecule has 0 aliphatic carbocycles. The number of hydrogen-bond donors (Lipinski definition) is 2. The van der Waals surface area contributed by atoms with E-state index in [-0.39, 0.29) is 23.5 Å². The predicted molar refractivity (Wildman–Crippen MR) is 154 cm³/mol. The molecule has 4 heterocycles. The lowest BCUT2D eigenvalue weighted by Crippen LogP contribution is -2.08. The Balaban J connectivity index is 0.000000253. The van der Waals surface area contributed by atoms with Gasteiger partial charge in [-0.05, 0) is 13.8 Å². The fourth-order valence-corrected chi connectivity index (χ4v) is 5.93. The number of nitrogens with one attached hydrogen (secondary N) is 2. The van der Waals surface area contributed by atoms with Crippen LogP contribution in [0.25, 0.3) is 0 Å². The van der Waals surface area contributed by atoms with Gasteiger partial charge in [0.2, 0.25) is 0 Å². The molecule has 0 aromatic carbocycles. The second-order valence-corrected chi connectivity index (χ2v) is 10.7. The first-order valence-corrected chi connectivity index (χ1v) is 13.6. The number of pyridine rings is 2. The van der Waals surface area contributed by atoms with Crippen molar-refractivity contribution in [1.82, 2.24) is 29.9 Å². The molecule has 0 aliphatic rings. The molecule has 0 fully saturated rings. The molecule has 0 atom stereocenters. The minimum atomic E-state index is -0.170. The van der Waals surface area contributed by atoms with E-state index in [1.807, 2.05) is 0 Å². The molecule has 0 spiro atoms. The van der Waals surface area contributed by atoms with Crippen LogP contribution in [0.1, 0.15) is 22.5 Å². The quantitative estimate of drug-likeness (QED) is 0.180. The zero-order chi connectivity index (χ0) is 26.2. The summed E-state index contributed by atoms with van der Waals surface area (Å²) in [7, 11) is 0. The van der Waals surface area contributed by atoms with E-state index in [0.29, 0.717) is 53.3 Å². The third-order valence-electron chi connectivity index (χ3n) is 4.31. The topological polar surface area (TPSA) is 117 Å². The average molecular weight is 641 g/mol. The summed E-state index contributed by atoms with van der Waals surface area (Å²) in [5, 5.41) is 3.11. The van der Waals surface area contributed by atoms with Crippen LogP contribution < -0.4 is 11.1 Å². The van der Waals surface area contributed by atoms with Gasteiger partial charge in [0.25, 0.3) is 11.1 Å². The summed E-state index contributed by atoms with van der Waals surface area (Å²) in [6.07, 6.45) is 6.15. The Morgan fingerprint density at radius 1 is 0.676 bits per heavy atom. The second kappa shape index (κ2) is 15.0.